The van der Waals surface area contributed by atoms with Crippen LogP contribution in [-0.4, -0.2) is 37.9 Å². The number of aromatic amines is 1. The molecule has 0 aliphatic heterocycles. The van der Waals surface area contributed by atoms with Gasteiger partial charge in [0.15, 0.2) is 11.2 Å². The molecule has 0 aliphatic rings. The monoisotopic (exact) mass is 517 g/mol. The van der Waals surface area contributed by atoms with Crippen LogP contribution in [0.3, 0.4) is 0 Å². The predicted molar refractivity (Wildman–Crippen MR) is 140 cm³/mol. The average molecular weight is 518 g/mol. The van der Waals surface area contributed by atoms with Crippen LogP contribution in [0.25, 0.3) is 33.7 Å². The Balaban J connectivity index is 1.26. The van der Waals surface area contributed by atoms with Crippen molar-refractivity contribution in [3.63, 3.8) is 0 Å². The first-order valence-corrected chi connectivity index (χ1v) is 12.4. The van der Waals surface area contributed by atoms with E-state index in [0.29, 0.717) is 39.0 Å². The number of pyridine rings is 1. The van der Waals surface area contributed by atoms with Crippen molar-refractivity contribution in [2.45, 2.75) is 19.4 Å². The van der Waals surface area contributed by atoms with Crippen molar-refractivity contribution in [2.24, 2.45) is 0 Å². The molecule has 1 unspecified atom stereocenters. The molecule has 1 atom stereocenters. The van der Waals surface area contributed by atoms with E-state index in [0.717, 1.165) is 16.8 Å². The minimum Gasteiger partial charge on any atom is -0.449 e. The lowest BCUT2D eigenvalue weighted by Gasteiger charge is -2.15. The van der Waals surface area contributed by atoms with Gasteiger partial charge in [0.2, 0.25) is 0 Å². The maximum Gasteiger partial charge on any atom is 0.338 e. The maximum atomic E-state index is 12.8. The molecule has 2 aromatic carbocycles. The Morgan fingerprint density at radius 2 is 1.94 bits per heavy atom. The molecule has 1 amide bonds. The zero-order valence-corrected chi connectivity index (χ0v) is 20.6. The Bertz CT molecular complexity index is 1530. The fraction of sp³-hybridized carbons (Fsp3) is 0.115. The predicted octanol–water partition coefficient (Wildman–Crippen LogP) is 5.98. The number of carbonyl (C=O) groups excluding carboxylic acids is 2. The number of nitrogens with one attached hydrogen (secondary N) is 2. The molecule has 8 nitrogen and oxygen atoms in total. The second kappa shape index (κ2) is 10.3. The van der Waals surface area contributed by atoms with Crippen LogP contribution in [0.5, 0.6) is 0 Å². The van der Waals surface area contributed by atoms with Gasteiger partial charge in [-0.3, -0.25) is 15.1 Å². The summed E-state index contributed by atoms with van der Waals surface area (Å²) in [6.45, 7) is 1.77. The molecule has 0 aliphatic carbocycles. The molecule has 0 saturated heterocycles. The normalized spacial score (nSPS) is 11.8. The van der Waals surface area contributed by atoms with E-state index in [-0.39, 0.29) is 0 Å². The number of aromatic nitrogens is 4. The maximum absolute atomic E-state index is 12.8. The Kier molecular flexibility index (Phi) is 6.75. The minimum atomic E-state index is -0.969. The molecule has 36 heavy (non-hydrogen) atoms. The molecule has 0 spiro atoms. The Morgan fingerprint density at radius 1 is 1.11 bits per heavy atom. The summed E-state index contributed by atoms with van der Waals surface area (Å²) in [6, 6.07) is 16.0. The van der Waals surface area contributed by atoms with E-state index in [1.54, 1.807) is 49.6 Å². The van der Waals surface area contributed by atoms with Gasteiger partial charge in [0.25, 0.3) is 5.91 Å². The summed E-state index contributed by atoms with van der Waals surface area (Å²) in [7, 11) is 0. The zero-order valence-electron chi connectivity index (χ0n) is 19.1. The van der Waals surface area contributed by atoms with Crippen molar-refractivity contribution in [2.75, 3.05) is 5.32 Å². The van der Waals surface area contributed by atoms with Gasteiger partial charge in [-0.2, -0.15) is 0 Å². The number of fused-ring (bicyclic) bond motifs is 1. The highest BCUT2D eigenvalue weighted by Gasteiger charge is 2.23. The summed E-state index contributed by atoms with van der Waals surface area (Å²) in [5.74, 6) is -0.391. The first-order valence-electron chi connectivity index (χ1n) is 11.1. The van der Waals surface area contributed by atoms with E-state index in [4.69, 9.17) is 16.3 Å². The van der Waals surface area contributed by atoms with Gasteiger partial charge in [0.1, 0.15) is 5.82 Å². The molecule has 0 bridgehead atoms. The van der Waals surface area contributed by atoms with Crippen LogP contribution in [0.1, 0.15) is 23.7 Å². The van der Waals surface area contributed by atoms with E-state index in [1.807, 2.05) is 29.6 Å². The van der Waals surface area contributed by atoms with Crippen LogP contribution in [-0.2, 0) is 9.53 Å². The summed E-state index contributed by atoms with van der Waals surface area (Å²) in [4.78, 5) is 41.9. The van der Waals surface area contributed by atoms with E-state index in [9.17, 15) is 9.59 Å². The molecule has 0 radical (unpaired) electrons. The summed E-state index contributed by atoms with van der Waals surface area (Å²) in [5.41, 5.74) is 4.14. The number of halogens is 1. The third kappa shape index (κ3) is 5.12. The molecule has 5 rings (SSSR count). The quantitative estimate of drug-likeness (QED) is 0.257. The standard InChI is InChI=1S/C26H20ClN5O3S/c1-2-22(24(33)32-26-31-21(14-36-26)15-5-8-18(27)9-6-15)35-25(34)16-7-10-19-20(12-16)30-23(29-19)17-4-3-11-28-13-17/h3-14,22H,2H2,1H3,(H,29,30)(H,31,32,33). The molecule has 3 heterocycles. The number of H-pyrrole nitrogens is 1. The molecular formula is C26H20ClN5O3S. The second-order valence-electron chi connectivity index (χ2n) is 7.90. The highest BCUT2D eigenvalue weighted by molar-refractivity contribution is 7.14. The number of benzene rings is 2. The summed E-state index contributed by atoms with van der Waals surface area (Å²) < 4.78 is 5.53. The summed E-state index contributed by atoms with van der Waals surface area (Å²) in [5, 5.41) is 5.64. The van der Waals surface area contributed by atoms with Gasteiger partial charge < -0.3 is 9.72 Å². The summed E-state index contributed by atoms with van der Waals surface area (Å²) >= 11 is 7.23. The molecule has 2 N–H and O–H groups in total. The number of thiazole rings is 1. The first-order chi connectivity index (χ1) is 17.5. The third-order valence-electron chi connectivity index (χ3n) is 5.44. The van der Waals surface area contributed by atoms with Gasteiger partial charge in [0.05, 0.1) is 22.3 Å². The van der Waals surface area contributed by atoms with Gasteiger partial charge in [-0.25, -0.2) is 14.8 Å². The topological polar surface area (TPSA) is 110 Å². The average Bonchev–Trinajstić information content (AvgIpc) is 3.54. The second-order valence-corrected chi connectivity index (χ2v) is 9.19. The number of rotatable bonds is 7. The van der Waals surface area contributed by atoms with Crippen LogP contribution in [0.15, 0.2) is 72.4 Å². The number of carbonyl (C=O) groups is 2. The van der Waals surface area contributed by atoms with Gasteiger partial charge in [0, 0.05) is 33.9 Å². The Labute approximate surface area is 215 Å². The lowest BCUT2D eigenvalue weighted by molar-refractivity contribution is -0.124. The SMILES string of the molecule is CCC(OC(=O)c1ccc2nc(-c3cccnc3)[nH]c2c1)C(=O)Nc1nc(-c2ccc(Cl)cc2)cs1. The minimum absolute atomic E-state index is 0.310. The molecule has 0 fully saturated rings. The fourth-order valence-corrected chi connectivity index (χ4v) is 4.41. The number of esters is 1. The third-order valence-corrected chi connectivity index (χ3v) is 6.45. The number of hydrogen-bond acceptors (Lipinski definition) is 7. The van der Waals surface area contributed by atoms with Crippen LogP contribution in [0, 0.1) is 0 Å². The van der Waals surface area contributed by atoms with E-state index >= 15 is 0 Å². The van der Waals surface area contributed by atoms with Crippen LogP contribution in [0.4, 0.5) is 5.13 Å². The molecule has 5 aromatic rings. The van der Waals surface area contributed by atoms with Crippen molar-refractivity contribution in [1.82, 2.24) is 19.9 Å². The highest BCUT2D eigenvalue weighted by atomic mass is 35.5. The van der Waals surface area contributed by atoms with E-state index in [2.05, 4.69) is 25.3 Å². The molecule has 0 saturated carbocycles. The molecule has 180 valence electrons. The van der Waals surface area contributed by atoms with Crippen molar-refractivity contribution in [3.05, 3.63) is 83.0 Å². The zero-order chi connectivity index (χ0) is 25.1. The van der Waals surface area contributed by atoms with Gasteiger partial charge in [-0.05, 0) is 48.9 Å². The van der Waals surface area contributed by atoms with Crippen LogP contribution >= 0.6 is 22.9 Å². The number of ether oxygens (including phenoxy) is 1. The van der Waals surface area contributed by atoms with Crippen LogP contribution < -0.4 is 5.32 Å². The Morgan fingerprint density at radius 3 is 2.69 bits per heavy atom. The lowest BCUT2D eigenvalue weighted by Crippen LogP contribution is -2.32. The number of anilines is 1. The van der Waals surface area contributed by atoms with Crippen molar-refractivity contribution >= 4 is 51.0 Å². The van der Waals surface area contributed by atoms with Crippen molar-refractivity contribution < 1.29 is 14.3 Å². The van der Waals surface area contributed by atoms with E-state index < -0.39 is 18.0 Å². The molecule has 10 heteroatoms. The van der Waals surface area contributed by atoms with E-state index in [1.165, 1.54) is 11.3 Å². The molecular weight excluding hydrogens is 498 g/mol. The van der Waals surface area contributed by atoms with Gasteiger partial charge in [-0.15, -0.1) is 11.3 Å². The van der Waals surface area contributed by atoms with Crippen molar-refractivity contribution in [3.8, 4) is 22.6 Å². The summed E-state index contributed by atoms with van der Waals surface area (Å²) in [6.07, 6.45) is 2.74. The Hall–Kier alpha value is -4.08. The largest absolute Gasteiger partial charge is 0.449 e. The van der Waals surface area contributed by atoms with Crippen LogP contribution in [0.2, 0.25) is 5.02 Å². The highest BCUT2D eigenvalue weighted by Crippen LogP contribution is 2.26. The first kappa shape index (κ1) is 23.7. The fourth-order valence-electron chi connectivity index (χ4n) is 3.57. The number of imidazole rings is 1. The molecule has 3 aromatic heterocycles. The van der Waals surface area contributed by atoms with Gasteiger partial charge in [-0.1, -0.05) is 30.7 Å². The smallest absolute Gasteiger partial charge is 0.338 e. The number of amides is 1. The van der Waals surface area contributed by atoms with Crippen molar-refractivity contribution in [1.29, 1.82) is 0 Å². The lowest BCUT2D eigenvalue weighted by atomic mass is 10.2. The van der Waals surface area contributed by atoms with Gasteiger partial charge >= 0.3 is 5.97 Å². The number of hydrogen-bond donors (Lipinski definition) is 2. The number of nitrogens with zero attached hydrogens (tertiary/aromatic N) is 3.